The number of aromatic nitrogens is 2. The number of nitrogens with zero attached hydrogens (tertiary/aromatic N) is 2. The molecule has 1 saturated heterocycles. The van der Waals surface area contributed by atoms with Crippen LogP contribution in [0.2, 0.25) is 0 Å². The lowest BCUT2D eigenvalue weighted by molar-refractivity contribution is 0.169. The molecule has 1 unspecified atom stereocenters. The monoisotopic (exact) mass is 302 g/mol. The summed E-state index contributed by atoms with van der Waals surface area (Å²) in [5.41, 5.74) is 0. The molecule has 0 aliphatic carbocycles. The number of rotatable bonds is 6. The smallest absolute Gasteiger partial charge is 0.280 e. The van der Waals surface area contributed by atoms with Crippen LogP contribution in [0.4, 0.5) is 0 Å². The zero-order valence-corrected chi connectivity index (χ0v) is 12.4. The van der Waals surface area contributed by atoms with Gasteiger partial charge < -0.3 is 10.1 Å². The van der Waals surface area contributed by atoms with Crippen LogP contribution in [0.5, 0.6) is 0 Å². The Bertz CT molecular complexity index is 495. The van der Waals surface area contributed by atoms with E-state index < -0.39 is 10.2 Å². The summed E-state index contributed by atoms with van der Waals surface area (Å²) < 4.78 is 28.9. The predicted molar refractivity (Wildman–Crippen MR) is 75.1 cm³/mol. The number of hydrogen-bond acceptors (Lipinski definition) is 4. The Labute approximate surface area is 119 Å². The Hall–Kier alpha value is -0.960. The van der Waals surface area contributed by atoms with Crippen LogP contribution in [0.3, 0.4) is 0 Å². The van der Waals surface area contributed by atoms with Gasteiger partial charge in [0.05, 0.1) is 6.04 Å². The van der Waals surface area contributed by atoms with Crippen LogP contribution < -0.4 is 4.72 Å². The number of H-pyrrole nitrogens is 1. The molecule has 1 atom stereocenters. The van der Waals surface area contributed by atoms with Crippen LogP contribution in [-0.4, -0.2) is 47.5 Å². The molecule has 0 amide bonds. The summed E-state index contributed by atoms with van der Waals surface area (Å²) in [4.78, 5) is 7.05. The highest BCUT2D eigenvalue weighted by Gasteiger charge is 2.30. The molecule has 0 spiro atoms. The summed E-state index contributed by atoms with van der Waals surface area (Å²) in [5, 5.41) is 9.09. The Morgan fingerprint density at radius 1 is 1.55 bits per heavy atom. The molecule has 0 bridgehead atoms. The normalized spacial score (nSPS) is 20.1. The highest BCUT2D eigenvalue weighted by Crippen LogP contribution is 2.20. The highest BCUT2D eigenvalue weighted by atomic mass is 32.2. The molecule has 2 rings (SSSR count). The minimum atomic E-state index is -3.51. The molecule has 1 aliphatic heterocycles. The number of aliphatic hydroxyl groups excluding tert-OH is 1. The fourth-order valence-corrected chi connectivity index (χ4v) is 3.87. The minimum Gasteiger partial charge on any atom is -0.396 e. The van der Waals surface area contributed by atoms with Crippen molar-refractivity contribution in [3.63, 3.8) is 0 Å². The Balaban J connectivity index is 2.00. The van der Waals surface area contributed by atoms with E-state index in [2.05, 4.69) is 14.7 Å². The number of hydrogen-bond donors (Lipinski definition) is 3. The zero-order chi connectivity index (χ0) is 14.6. The van der Waals surface area contributed by atoms with Gasteiger partial charge in [-0.15, -0.1) is 0 Å². The third-order valence-electron chi connectivity index (χ3n) is 3.72. The van der Waals surface area contributed by atoms with E-state index in [1.165, 1.54) is 4.31 Å². The van der Waals surface area contributed by atoms with Crippen molar-refractivity contribution in [1.29, 1.82) is 0 Å². The van der Waals surface area contributed by atoms with Crippen molar-refractivity contribution >= 4 is 10.2 Å². The summed E-state index contributed by atoms with van der Waals surface area (Å²) in [6.45, 7) is 2.95. The molecule has 1 fully saturated rings. The molecule has 0 aromatic carbocycles. The first-order valence-electron chi connectivity index (χ1n) is 6.94. The van der Waals surface area contributed by atoms with Gasteiger partial charge in [-0.05, 0) is 25.2 Å². The number of aromatic amines is 1. The van der Waals surface area contributed by atoms with Crippen molar-refractivity contribution in [2.24, 2.45) is 5.92 Å². The third-order valence-corrected chi connectivity index (χ3v) is 5.35. The molecule has 1 aromatic rings. The van der Waals surface area contributed by atoms with Crippen LogP contribution in [0.15, 0.2) is 12.4 Å². The predicted octanol–water partition coefficient (Wildman–Crippen LogP) is 0.399. The maximum Gasteiger partial charge on any atom is 0.280 e. The van der Waals surface area contributed by atoms with Gasteiger partial charge in [-0.25, -0.2) is 4.98 Å². The molecular formula is C12H22N4O3S. The Morgan fingerprint density at radius 2 is 2.25 bits per heavy atom. The molecule has 8 heteroatoms. The van der Waals surface area contributed by atoms with Crippen molar-refractivity contribution in [2.45, 2.75) is 32.2 Å². The lowest BCUT2D eigenvalue weighted by Gasteiger charge is -2.31. The Kier molecular flexibility index (Phi) is 5.14. The van der Waals surface area contributed by atoms with Gasteiger partial charge >= 0.3 is 0 Å². The molecule has 0 radical (unpaired) electrons. The van der Waals surface area contributed by atoms with Crippen molar-refractivity contribution < 1.29 is 13.5 Å². The van der Waals surface area contributed by atoms with Crippen molar-refractivity contribution in [1.82, 2.24) is 19.0 Å². The van der Waals surface area contributed by atoms with E-state index in [-0.39, 0.29) is 18.6 Å². The minimum absolute atomic E-state index is 0.130. The standard InChI is InChI=1S/C12H22N4O3S/c1-2-11(12-13-5-6-14-12)15-20(18,19)16-7-3-10(9-17)4-8-16/h5-6,10-11,15,17H,2-4,7-9H2,1H3,(H,13,14). The summed E-state index contributed by atoms with van der Waals surface area (Å²) in [6.07, 6.45) is 5.32. The van der Waals surface area contributed by atoms with Crippen LogP contribution in [0, 0.1) is 5.92 Å². The molecule has 114 valence electrons. The van der Waals surface area contributed by atoms with Gasteiger partial charge in [0, 0.05) is 32.1 Å². The molecule has 3 N–H and O–H groups in total. The first-order chi connectivity index (χ1) is 9.56. The second kappa shape index (κ2) is 6.66. The lowest BCUT2D eigenvalue weighted by Crippen LogP contribution is -2.46. The maximum atomic E-state index is 12.4. The van der Waals surface area contributed by atoms with E-state index >= 15 is 0 Å². The first-order valence-corrected chi connectivity index (χ1v) is 8.38. The number of piperidine rings is 1. The van der Waals surface area contributed by atoms with Gasteiger partial charge in [-0.3, -0.25) is 0 Å². The van der Waals surface area contributed by atoms with Crippen LogP contribution in [0.1, 0.15) is 38.1 Å². The molecular weight excluding hydrogens is 280 g/mol. The molecule has 1 aromatic heterocycles. The van der Waals surface area contributed by atoms with Gasteiger partial charge in [0.25, 0.3) is 10.2 Å². The van der Waals surface area contributed by atoms with Gasteiger partial charge in [0.1, 0.15) is 5.82 Å². The second-order valence-electron chi connectivity index (χ2n) is 5.08. The molecule has 20 heavy (non-hydrogen) atoms. The van der Waals surface area contributed by atoms with Crippen molar-refractivity contribution in [2.75, 3.05) is 19.7 Å². The number of aliphatic hydroxyl groups is 1. The van der Waals surface area contributed by atoms with E-state index in [0.717, 1.165) is 0 Å². The highest BCUT2D eigenvalue weighted by molar-refractivity contribution is 7.87. The average molecular weight is 302 g/mol. The number of imidazole rings is 1. The lowest BCUT2D eigenvalue weighted by atomic mass is 10.00. The maximum absolute atomic E-state index is 12.4. The van der Waals surface area contributed by atoms with E-state index in [1.54, 1.807) is 12.4 Å². The molecule has 0 saturated carbocycles. The topological polar surface area (TPSA) is 98.3 Å². The van der Waals surface area contributed by atoms with Crippen LogP contribution in [-0.2, 0) is 10.2 Å². The van der Waals surface area contributed by atoms with E-state index in [9.17, 15) is 8.42 Å². The second-order valence-corrected chi connectivity index (χ2v) is 6.79. The van der Waals surface area contributed by atoms with Gasteiger partial charge in [-0.1, -0.05) is 6.92 Å². The molecule has 7 nitrogen and oxygen atoms in total. The SMILES string of the molecule is CCC(NS(=O)(=O)N1CCC(CO)CC1)c1ncc[nH]1. The average Bonchev–Trinajstić information content (AvgIpc) is 2.99. The van der Waals surface area contributed by atoms with Crippen molar-refractivity contribution in [3.05, 3.63) is 18.2 Å². The van der Waals surface area contributed by atoms with Gasteiger partial charge in [0.2, 0.25) is 0 Å². The van der Waals surface area contributed by atoms with E-state index in [1.807, 2.05) is 6.92 Å². The third kappa shape index (κ3) is 3.57. The van der Waals surface area contributed by atoms with E-state index in [0.29, 0.717) is 38.2 Å². The quantitative estimate of drug-likeness (QED) is 0.708. The van der Waals surface area contributed by atoms with Gasteiger partial charge in [-0.2, -0.15) is 17.4 Å². The fraction of sp³-hybridized carbons (Fsp3) is 0.750. The van der Waals surface area contributed by atoms with Crippen LogP contribution in [0.25, 0.3) is 0 Å². The van der Waals surface area contributed by atoms with Gasteiger partial charge in [0.15, 0.2) is 0 Å². The summed E-state index contributed by atoms with van der Waals surface area (Å²) >= 11 is 0. The fourth-order valence-electron chi connectivity index (χ4n) is 2.39. The van der Waals surface area contributed by atoms with E-state index in [4.69, 9.17) is 5.11 Å². The molecule has 1 aliphatic rings. The molecule has 2 heterocycles. The largest absolute Gasteiger partial charge is 0.396 e. The van der Waals surface area contributed by atoms with Crippen molar-refractivity contribution in [3.8, 4) is 0 Å². The summed E-state index contributed by atoms with van der Waals surface area (Å²) in [7, 11) is -3.51. The summed E-state index contributed by atoms with van der Waals surface area (Å²) in [6, 6.07) is -0.342. The summed E-state index contributed by atoms with van der Waals surface area (Å²) in [5.74, 6) is 0.842. The number of nitrogens with one attached hydrogen (secondary N) is 2. The first kappa shape index (κ1) is 15.4. The zero-order valence-electron chi connectivity index (χ0n) is 11.6. The Morgan fingerprint density at radius 3 is 2.75 bits per heavy atom. The van der Waals surface area contributed by atoms with Crippen LogP contribution >= 0.6 is 0 Å².